The standard InChI is InChI=1S/C9H13ClN4O/c1-5(2)7(8(11)15)13-6-3-4-12-9(10)14-6/h3-5,7H,1-2H3,(H2,11,15)(H,12,13,14). The van der Waals surface area contributed by atoms with Crippen LogP contribution in [0.4, 0.5) is 5.82 Å². The van der Waals surface area contributed by atoms with E-state index in [1.165, 1.54) is 6.20 Å². The zero-order valence-electron chi connectivity index (χ0n) is 8.57. The smallest absolute Gasteiger partial charge is 0.240 e. The minimum Gasteiger partial charge on any atom is -0.368 e. The summed E-state index contributed by atoms with van der Waals surface area (Å²) in [6.45, 7) is 3.79. The molecule has 0 bridgehead atoms. The Morgan fingerprint density at radius 1 is 1.60 bits per heavy atom. The summed E-state index contributed by atoms with van der Waals surface area (Å²) in [7, 11) is 0. The number of halogens is 1. The number of carbonyl (C=O) groups is 1. The van der Waals surface area contributed by atoms with Gasteiger partial charge in [0.25, 0.3) is 0 Å². The van der Waals surface area contributed by atoms with Gasteiger partial charge in [-0.15, -0.1) is 0 Å². The molecule has 1 amide bonds. The van der Waals surface area contributed by atoms with Gasteiger partial charge in [-0.2, -0.15) is 0 Å². The van der Waals surface area contributed by atoms with E-state index >= 15 is 0 Å². The van der Waals surface area contributed by atoms with E-state index in [9.17, 15) is 4.79 Å². The molecule has 0 aliphatic rings. The van der Waals surface area contributed by atoms with Crippen molar-refractivity contribution in [2.45, 2.75) is 19.9 Å². The quantitative estimate of drug-likeness (QED) is 0.755. The van der Waals surface area contributed by atoms with Crippen molar-refractivity contribution in [2.75, 3.05) is 5.32 Å². The molecule has 1 rings (SSSR count). The molecule has 6 heteroatoms. The Morgan fingerprint density at radius 3 is 2.73 bits per heavy atom. The molecule has 0 spiro atoms. The van der Waals surface area contributed by atoms with E-state index in [1.807, 2.05) is 13.8 Å². The largest absolute Gasteiger partial charge is 0.368 e. The molecule has 82 valence electrons. The van der Waals surface area contributed by atoms with Crippen LogP contribution in [0.3, 0.4) is 0 Å². The molecule has 0 fully saturated rings. The highest BCUT2D eigenvalue weighted by atomic mass is 35.5. The molecular weight excluding hydrogens is 216 g/mol. The van der Waals surface area contributed by atoms with Crippen molar-refractivity contribution in [2.24, 2.45) is 11.7 Å². The van der Waals surface area contributed by atoms with Crippen molar-refractivity contribution in [1.29, 1.82) is 0 Å². The first-order valence-corrected chi connectivity index (χ1v) is 4.93. The molecule has 1 unspecified atom stereocenters. The predicted octanol–water partition coefficient (Wildman–Crippen LogP) is 1.05. The number of anilines is 1. The highest BCUT2D eigenvalue weighted by Crippen LogP contribution is 2.11. The Kier molecular flexibility index (Phi) is 3.85. The number of nitrogens with zero attached hydrogens (tertiary/aromatic N) is 2. The lowest BCUT2D eigenvalue weighted by molar-refractivity contribution is -0.119. The van der Waals surface area contributed by atoms with Gasteiger partial charge in [-0.05, 0) is 23.6 Å². The summed E-state index contributed by atoms with van der Waals surface area (Å²) in [6.07, 6.45) is 1.51. The fraction of sp³-hybridized carbons (Fsp3) is 0.444. The van der Waals surface area contributed by atoms with Gasteiger partial charge in [-0.25, -0.2) is 9.97 Å². The highest BCUT2D eigenvalue weighted by molar-refractivity contribution is 6.28. The van der Waals surface area contributed by atoms with E-state index in [-0.39, 0.29) is 11.2 Å². The number of aromatic nitrogens is 2. The van der Waals surface area contributed by atoms with Crippen molar-refractivity contribution in [3.05, 3.63) is 17.5 Å². The molecule has 0 aromatic carbocycles. The second kappa shape index (κ2) is 4.93. The summed E-state index contributed by atoms with van der Waals surface area (Å²) in [5, 5.41) is 3.04. The van der Waals surface area contributed by atoms with E-state index in [0.29, 0.717) is 5.82 Å². The second-order valence-electron chi connectivity index (χ2n) is 3.48. The average molecular weight is 229 g/mol. The van der Waals surface area contributed by atoms with Gasteiger partial charge >= 0.3 is 0 Å². The zero-order chi connectivity index (χ0) is 11.4. The van der Waals surface area contributed by atoms with E-state index in [0.717, 1.165) is 0 Å². The summed E-state index contributed by atoms with van der Waals surface area (Å²) in [6, 6.07) is 1.17. The molecule has 0 saturated heterocycles. The van der Waals surface area contributed by atoms with Gasteiger partial charge in [0.05, 0.1) is 0 Å². The van der Waals surface area contributed by atoms with Gasteiger partial charge in [-0.1, -0.05) is 13.8 Å². The van der Waals surface area contributed by atoms with Gasteiger partial charge in [-0.3, -0.25) is 4.79 Å². The van der Waals surface area contributed by atoms with Crippen molar-refractivity contribution < 1.29 is 4.79 Å². The van der Waals surface area contributed by atoms with Crippen molar-refractivity contribution in [1.82, 2.24) is 9.97 Å². The highest BCUT2D eigenvalue weighted by Gasteiger charge is 2.19. The molecule has 0 radical (unpaired) electrons. The normalized spacial score (nSPS) is 12.5. The Bertz CT molecular complexity index is 356. The first-order valence-electron chi connectivity index (χ1n) is 4.55. The van der Waals surface area contributed by atoms with Crippen molar-refractivity contribution >= 4 is 23.3 Å². The van der Waals surface area contributed by atoms with Crippen molar-refractivity contribution in [3.8, 4) is 0 Å². The number of primary amides is 1. The summed E-state index contributed by atoms with van der Waals surface area (Å²) >= 11 is 5.61. The molecular formula is C9H13ClN4O. The molecule has 3 N–H and O–H groups in total. The van der Waals surface area contributed by atoms with Crippen LogP contribution in [0.25, 0.3) is 0 Å². The Morgan fingerprint density at radius 2 is 2.27 bits per heavy atom. The first-order chi connectivity index (χ1) is 7.00. The maximum atomic E-state index is 11.1. The predicted molar refractivity (Wildman–Crippen MR) is 58.5 cm³/mol. The van der Waals surface area contributed by atoms with Gasteiger partial charge in [0.2, 0.25) is 11.2 Å². The van der Waals surface area contributed by atoms with Crippen LogP contribution in [0.2, 0.25) is 5.28 Å². The number of carbonyl (C=O) groups excluding carboxylic acids is 1. The lowest BCUT2D eigenvalue weighted by Crippen LogP contribution is -2.39. The SMILES string of the molecule is CC(C)C(Nc1ccnc(Cl)n1)C(N)=O. The molecule has 0 saturated carbocycles. The van der Waals surface area contributed by atoms with Crippen molar-refractivity contribution in [3.63, 3.8) is 0 Å². The molecule has 1 heterocycles. The third-order valence-electron chi connectivity index (χ3n) is 1.90. The van der Waals surface area contributed by atoms with Crippen LogP contribution >= 0.6 is 11.6 Å². The van der Waals surface area contributed by atoms with Crippen LogP contribution in [-0.2, 0) is 4.79 Å². The van der Waals surface area contributed by atoms with Crippen LogP contribution in [0.15, 0.2) is 12.3 Å². The molecule has 5 nitrogen and oxygen atoms in total. The summed E-state index contributed by atoms with van der Waals surface area (Å²) in [5.74, 6) is 0.156. The average Bonchev–Trinajstić information content (AvgIpc) is 2.13. The lowest BCUT2D eigenvalue weighted by Gasteiger charge is -2.19. The molecule has 1 aromatic heterocycles. The monoisotopic (exact) mass is 228 g/mol. The molecule has 1 atom stereocenters. The maximum absolute atomic E-state index is 11.1. The van der Waals surface area contributed by atoms with Crippen LogP contribution in [0, 0.1) is 5.92 Å². The fourth-order valence-electron chi connectivity index (χ4n) is 1.14. The summed E-state index contributed by atoms with van der Waals surface area (Å²) in [4.78, 5) is 18.8. The molecule has 15 heavy (non-hydrogen) atoms. The fourth-order valence-corrected chi connectivity index (χ4v) is 1.29. The minimum absolute atomic E-state index is 0.0799. The number of rotatable bonds is 4. The molecule has 0 aliphatic heterocycles. The number of amides is 1. The van der Waals surface area contributed by atoms with E-state index in [2.05, 4.69) is 15.3 Å². The third-order valence-corrected chi connectivity index (χ3v) is 2.08. The maximum Gasteiger partial charge on any atom is 0.240 e. The summed E-state index contributed by atoms with van der Waals surface area (Å²) < 4.78 is 0. The van der Waals surface area contributed by atoms with E-state index < -0.39 is 11.9 Å². The second-order valence-corrected chi connectivity index (χ2v) is 3.82. The number of nitrogens with one attached hydrogen (secondary N) is 1. The topological polar surface area (TPSA) is 80.9 Å². The van der Waals surface area contributed by atoms with Crippen LogP contribution in [0.5, 0.6) is 0 Å². The van der Waals surface area contributed by atoms with Gasteiger partial charge < -0.3 is 11.1 Å². The zero-order valence-corrected chi connectivity index (χ0v) is 9.32. The number of hydrogen-bond acceptors (Lipinski definition) is 4. The van der Waals surface area contributed by atoms with E-state index in [1.54, 1.807) is 6.07 Å². The first kappa shape index (κ1) is 11.7. The van der Waals surface area contributed by atoms with Gasteiger partial charge in [0.15, 0.2) is 0 Å². The van der Waals surface area contributed by atoms with Gasteiger partial charge in [0.1, 0.15) is 11.9 Å². The Balaban J connectivity index is 2.79. The number of nitrogens with two attached hydrogens (primary N) is 1. The minimum atomic E-state index is -0.462. The van der Waals surface area contributed by atoms with Crippen LogP contribution < -0.4 is 11.1 Å². The Hall–Kier alpha value is -1.36. The lowest BCUT2D eigenvalue weighted by atomic mass is 10.0. The van der Waals surface area contributed by atoms with Gasteiger partial charge in [0, 0.05) is 6.20 Å². The Labute approximate surface area is 93.0 Å². The summed E-state index contributed by atoms with van der Waals surface area (Å²) in [5.41, 5.74) is 5.25. The molecule has 0 aliphatic carbocycles. The molecule has 1 aromatic rings. The van der Waals surface area contributed by atoms with E-state index in [4.69, 9.17) is 17.3 Å². The van der Waals surface area contributed by atoms with Crippen LogP contribution in [0.1, 0.15) is 13.8 Å². The third kappa shape index (κ3) is 3.36. The van der Waals surface area contributed by atoms with Crippen LogP contribution in [-0.4, -0.2) is 21.9 Å². The number of hydrogen-bond donors (Lipinski definition) is 2.